The molecule has 2 nitrogen and oxygen atoms in total. The Morgan fingerprint density at radius 1 is 1.33 bits per heavy atom. The Kier molecular flexibility index (Phi) is 6.96. The van der Waals surface area contributed by atoms with Gasteiger partial charge in [0.15, 0.2) is 0 Å². The first kappa shape index (κ1) is 15.2. The molecule has 0 radical (unpaired) electrons. The molecule has 0 spiro atoms. The first-order valence-electron chi connectivity index (χ1n) is 7.10. The number of aliphatic hydroxyl groups is 1. The van der Waals surface area contributed by atoms with Gasteiger partial charge in [-0.1, -0.05) is 29.7 Å². The van der Waals surface area contributed by atoms with Crippen LogP contribution in [0.15, 0.2) is 23.3 Å². The highest BCUT2D eigenvalue weighted by Gasteiger charge is 2.17. The molecular formula is C16H26O2. The molecule has 0 aromatic carbocycles. The molecule has 0 saturated carbocycles. The monoisotopic (exact) mass is 250 g/mol. The number of aldehydes is 1. The average Bonchev–Trinajstić information content (AvgIpc) is 2.35. The van der Waals surface area contributed by atoms with Crippen molar-refractivity contribution in [2.75, 3.05) is 0 Å². The topological polar surface area (TPSA) is 37.3 Å². The zero-order chi connectivity index (χ0) is 13.4. The van der Waals surface area contributed by atoms with Crippen molar-refractivity contribution < 1.29 is 9.90 Å². The normalized spacial score (nSPS) is 18.8. The molecule has 0 aliphatic heterocycles. The summed E-state index contributed by atoms with van der Waals surface area (Å²) in [6, 6.07) is 0. The van der Waals surface area contributed by atoms with Crippen molar-refractivity contribution in [3.63, 3.8) is 0 Å². The van der Waals surface area contributed by atoms with Crippen molar-refractivity contribution in [1.29, 1.82) is 0 Å². The number of hydrogen-bond acceptors (Lipinski definition) is 2. The zero-order valence-corrected chi connectivity index (χ0v) is 11.7. The summed E-state index contributed by atoms with van der Waals surface area (Å²) in [5.74, 6) is 0.342. The van der Waals surface area contributed by atoms with Crippen LogP contribution in [0, 0.1) is 5.92 Å². The average molecular weight is 250 g/mol. The largest absolute Gasteiger partial charge is 0.393 e. The predicted octanol–water partition coefficient (Wildman–Crippen LogP) is 3.80. The molecule has 18 heavy (non-hydrogen) atoms. The number of hydrogen-bond donors (Lipinski definition) is 1. The fourth-order valence-corrected chi connectivity index (χ4v) is 2.44. The summed E-state index contributed by atoms with van der Waals surface area (Å²) in [5.41, 5.74) is 2.90. The maximum atomic E-state index is 10.3. The summed E-state index contributed by atoms with van der Waals surface area (Å²) < 4.78 is 0. The molecule has 0 unspecified atom stereocenters. The number of allylic oxidation sites excluding steroid dienone is 4. The number of carbonyl (C=O) groups excluding carboxylic acids is 1. The first-order chi connectivity index (χ1) is 8.63. The molecule has 0 amide bonds. The van der Waals surface area contributed by atoms with Gasteiger partial charge >= 0.3 is 0 Å². The Morgan fingerprint density at radius 3 is 2.67 bits per heavy atom. The number of unbranched alkanes of at least 4 members (excludes halogenated alkanes) is 2. The molecule has 2 heteroatoms. The summed E-state index contributed by atoms with van der Waals surface area (Å²) in [6.45, 7) is 4.05. The first-order valence-corrected chi connectivity index (χ1v) is 7.10. The molecule has 1 aliphatic rings. The highest BCUT2D eigenvalue weighted by atomic mass is 16.3. The minimum absolute atomic E-state index is 0.255. The molecule has 0 fully saturated rings. The molecule has 0 heterocycles. The van der Waals surface area contributed by atoms with E-state index < -0.39 is 0 Å². The van der Waals surface area contributed by atoms with E-state index in [4.69, 9.17) is 0 Å². The van der Waals surface area contributed by atoms with E-state index >= 15 is 0 Å². The van der Waals surface area contributed by atoms with Crippen LogP contribution in [0.3, 0.4) is 0 Å². The van der Waals surface area contributed by atoms with E-state index in [0.717, 1.165) is 44.8 Å². The minimum Gasteiger partial charge on any atom is -0.393 e. The van der Waals surface area contributed by atoms with Gasteiger partial charge in [0.25, 0.3) is 0 Å². The molecule has 0 saturated heterocycles. The van der Waals surface area contributed by atoms with E-state index in [-0.39, 0.29) is 6.10 Å². The van der Waals surface area contributed by atoms with Gasteiger partial charge in [-0.15, -0.1) is 0 Å². The van der Waals surface area contributed by atoms with E-state index in [1.165, 1.54) is 11.1 Å². The Balaban J connectivity index is 2.40. The predicted molar refractivity (Wildman–Crippen MR) is 75.4 cm³/mol. The molecule has 102 valence electrons. The number of aliphatic hydroxyl groups excluding tert-OH is 1. The lowest BCUT2D eigenvalue weighted by Gasteiger charge is -2.22. The Hall–Kier alpha value is -0.890. The van der Waals surface area contributed by atoms with Gasteiger partial charge in [0.1, 0.15) is 6.29 Å². The Bertz CT molecular complexity index is 313. The van der Waals surface area contributed by atoms with Crippen molar-refractivity contribution in [2.24, 2.45) is 5.92 Å². The van der Waals surface area contributed by atoms with Crippen LogP contribution in [0.5, 0.6) is 0 Å². The van der Waals surface area contributed by atoms with Gasteiger partial charge in [0.05, 0.1) is 6.10 Å². The number of rotatable bonds is 8. The third kappa shape index (κ3) is 5.63. The van der Waals surface area contributed by atoms with Gasteiger partial charge in [-0.3, -0.25) is 0 Å². The van der Waals surface area contributed by atoms with Crippen molar-refractivity contribution >= 4 is 6.29 Å². The van der Waals surface area contributed by atoms with E-state index in [9.17, 15) is 9.90 Å². The smallest absolute Gasteiger partial charge is 0.119 e. The summed E-state index contributed by atoms with van der Waals surface area (Å²) >= 11 is 0. The van der Waals surface area contributed by atoms with Crippen LogP contribution in [0.4, 0.5) is 0 Å². The fraction of sp³-hybridized carbons (Fsp3) is 0.688. The standard InChI is InChI=1S/C16H26O2/c1-13-7-9-15(10-8-13)12-16(14(2)18)6-4-3-5-11-17/h7,9,11,14,16,18H,3-6,8,10,12H2,1-2H3/t14-,16-/m1/s1. The van der Waals surface area contributed by atoms with Crippen molar-refractivity contribution in [2.45, 2.75) is 64.9 Å². The van der Waals surface area contributed by atoms with Gasteiger partial charge in [-0.2, -0.15) is 0 Å². The van der Waals surface area contributed by atoms with Crippen LogP contribution in [0.1, 0.15) is 58.8 Å². The molecule has 0 aromatic heterocycles. The van der Waals surface area contributed by atoms with E-state index in [0.29, 0.717) is 12.3 Å². The van der Waals surface area contributed by atoms with Gasteiger partial charge in [-0.05, 0) is 51.9 Å². The van der Waals surface area contributed by atoms with Crippen LogP contribution in [0.25, 0.3) is 0 Å². The molecule has 2 atom stereocenters. The zero-order valence-electron chi connectivity index (χ0n) is 11.7. The second-order valence-corrected chi connectivity index (χ2v) is 5.49. The SMILES string of the molecule is CC1=CC=C(C[C@@H](CCCCC=O)[C@@H](C)O)CC1. The molecule has 1 aliphatic carbocycles. The summed E-state index contributed by atoms with van der Waals surface area (Å²) in [5, 5.41) is 9.84. The molecule has 1 rings (SSSR count). The van der Waals surface area contributed by atoms with E-state index in [1.807, 2.05) is 6.92 Å². The van der Waals surface area contributed by atoms with Crippen LogP contribution >= 0.6 is 0 Å². The fourth-order valence-electron chi connectivity index (χ4n) is 2.44. The summed E-state index contributed by atoms with van der Waals surface area (Å²) in [6.07, 6.45) is 12.1. The third-order valence-electron chi connectivity index (χ3n) is 3.80. The van der Waals surface area contributed by atoms with Crippen molar-refractivity contribution in [3.05, 3.63) is 23.3 Å². The second kappa shape index (κ2) is 8.25. The van der Waals surface area contributed by atoms with Gasteiger partial charge < -0.3 is 9.90 Å². The Morgan fingerprint density at radius 2 is 2.11 bits per heavy atom. The lowest BCUT2D eigenvalue weighted by atomic mass is 9.86. The van der Waals surface area contributed by atoms with Crippen LogP contribution in [-0.4, -0.2) is 17.5 Å². The van der Waals surface area contributed by atoms with Crippen LogP contribution in [-0.2, 0) is 4.79 Å². The highest BCUT2D eigenvalue weighted by molar-refractivity contribution is 5.48. The maximum absolute atomic E-state index is 10.3. The van der Waals surface area contributed by atoms with Crippen LogP contribution in [0.2, 0.25) is 0 Å². The van der Waals surface area contributed by atoms with Gasteiger partial charge in [-0.25, -0.2) is 0 Å². The highest BCUT2D eigenvalue weighted by Crippen LogP contribution is 2.27. The second-order valence-electron chi connectivity index (χ2n) is 5.49. The quantitative estimate of drug-likeness (QED) is 0.525. The van der Waals surface area contributed by atoms with Crippen LogP contribution < -0.4 is 0 Å². The van der Waals surface area contributed by atoms with Gasteiger partial charge in [0.2, 0.25) is 0 Å². The van der Waals surface area contributed by atoms with E-state index in [2.05, 4.69) is 19.1 Å². The molecular weight excluding hydrogens is 224 g/mol. The molecule has 0 aromatic rings. The molecule has 1 N–H and O–H groups in total. The minimum atomic E-state index is -0.255. The van der Waals surface area contributed by atoms with Gasteiger partial charge in [0, 0.05) is 6.42 Å². The van der Waals surface area contributed by atoms with Crippen molar-refractivity contribution in [3.8, 4) is 0 Å². The maximum Gasteiger partial charge on any atom is 0.119 e. The molecule has 0 bridgehead atoms. The third-order valence-corrected chi connectivity index (χ3v) is 3.80. The Labute approximate surface area is 111 Å². The van der Waals surface area contributed by atoms with Crippen molar-refractivity contribution in [1.82, 2.24) is 0 Å². The van der Waals surface area contributed by atoms with E-state index in [1.54, 1.807) is 0 Å². The lowest BCUT2D eigenvalue weighted by Crippen LogP contribution is -2.18. The number of carbonyl (C=O) groups is 1. The lowest BCUT2D eigenvalue weighted by molar-refractivity contribution is -0.107. The summed E-state index contributed by atoms with van der Waals surface area (Å²) in [4.78, 5) is 10.3. The summed E-state index contributed by atoms with van der Waals surface area (Å²) in [7, 11) is 0.